The van der Waals surface area contributed by atoms with E-state index in [0.29, 0.717) is 17.9 Å². The van der Waals surface area contributed by atoms with Crippen LogP contribution in [0.25, 0.3) is 11.4 Å². The fourth-order valence-electron chi connectivity index (χ4n) is 3.12. The molecule has 6 nitrogen and oxygen atoms in total. The lowest BCUT2D eigenvalue weighted by Crippen LogP contribution is -2.04. The van der Waals surface area contributed by atoms with E-state index in [0.717, 1.165) is 27.9 Å². The van der Waals surface area contributed by atoms with Gasteiger partial charge in [-0.25, -0.2) is 4.79 Å². The quantitative estimate of drug-likeness (QED) is 0.311. The molecule has 152 valence electrons. The SMILES string of the molecule is COC(=O)c1ccc(CSc2nnc(-c3ccoc3C)n2Cc2ccccc2)cc1. The third-order valence-electron chi connectivity index (χ3n) is 4.74. The Hall–Kier alpha value is -3.32. The molecule has 2 aromatic carbocycles. The lowest BCUT2D eigenvalue weighted by atomic mass is 10.1. The summed E-state index contributed by atoms with van der Waals surface area (Å²) < 4.78 is 12.3. The number of esters is 1. The summed E-state index contributed by atoms with van der Waals surface area (Å²) in [5, 5.41) is 9.72. The predicted molar refractivity (Wildman–Crippen MR) is 115 cm³/mol. The Bertz CT molecular complexity index is 1130. The van der Waals surface area contributed by atoms with Gasteiger partial charge < -0.3 is 9.15 Å². The van der Waals surface area contributed by atoms with Gasteiger partial charge in [0.2, 0.25) is 0 Å². The van der Waals surface area contributed by atoms with Gasteiger partial charge in [0.05, 0.1) is 31.0 Å². The van der Waals surface area contributed by atoms with Gasteiger partial charge in [0.1, 0.15) is 5.76 Å². The van der Waals surface area contributed by atoms with Crippen molar-refractivity contribution in [1.29, 1.82) is 0 Å². The first-order chi connectivity index (χ1) is 14.7. The molecular weight excluding hydrogens is 398 g/mol. The van der Waals surface area contributed by atoms with Crippen LogP contribution in [0, 0.1) is 6.92 Å². The number of nitrogens with zero attached hydrogens (tertiary/aromatic N) is 3. The van der Waals surface area contributed by atoms with E-state index in [1.54, 1.807) is 30.2 Å². The second kappa shape index (κ2) is 9.00. The fourth-order valence-corrected chi connectivity index (χ4v) is 4.02. The Morgan fingerprint density at radius 1 is 1.03 bits per heavy atom. The zero-order chi connectivity index (χ0) is 20.9. The number of thioether (sulfide) groups is 1. The minimum atomic E-state index is -0.336. The van der Waals surface area contributed by atoms with E-state index in [2.05, 4.69) is 26.9 Å². The van der Waals surface area contributed by atoms with Crippen molar-refractivity contribution < 1.29 is 13.9 Å². The van der Waals surface area contributed by atoms with Gasteiger partial charge in [-0.15, -0.1) is 10.2 Å². The molecule has 0 spiro atoms. The average Bonchev–Trinajstić information content (AvgIpc) is 3.38. The molecule has 2 aromatic heterocycles. The van der Waals surface area contributed by atoms with Gasteiger partial charge in [-0.05, 0) is 36.2 Å². The normalized spacial score (nSPS) is 10.9. The number of rotatable bonds is 7. The van der Waals surface area contributed by atoms with Crippen molar-refractivity contribution in [2.45, 2.75) is 24.4 Å². The van der Waals surface area contributed by atoms with Crippen LogP contribution in [0.1, 0.15) is 27.2 Å². The molecule has 0 saturated heterocycles. The number of benzene rings is 2. The van der Waals surface area contributed by atoms with E-state index in [-0.39, 0.29) is 5.97 Å². The van der Waals surface area contributed by atoms with Gasteiger partial charge in [-0.2, -0.15) is 0 Å². The number of ether oxygens (including phenoxy) is 1. The maximum absolute atomic E-state index is 11.6. The first-order valence-corrected chi connectivity index (χ1v) is 10.5. The molecule has 7 heteroatoms. The lowest BCUT2D eigenvalue weighted by molar-refractivity contribution is 0.0600. The molecule has 0 atom stereocenters. The predicted octanol–water partition coefficient (Wildman–Crippen LogP) is 4.97. The van der Waals surface area contributed by atoms with Crippen LogP contribution in [0.5, 0.6) is 0 Å². The van der Waals surface area contributed by atoms with Crippen LogP contribution >= 0.6 is 11.8 Å². The zero-order valence-electron chi connectivity index (χ0n) is 16.7. The van der Waals surface area contributed by atoms with Crippen molar-refractivity contribution in [3.8, 4) is 11.4 Å². The molecule has 4 aromatic rings. The zero-order valence-corrected chi connectivity index (χ0v) is 17.6. The van der Waals surface area contributed by atoms with Crippen molar-refractivity contribution in [1.82, 2.24) is 14.8 Å². The Balaban J connectivity index is 1.59. The summed E-state index contributed by atoms with van der Waals surface area (Å²) in [5.74, 6) is 1.97. The summed E-state index contributed by atoms with van der Waals surface area (Å²) in [6.45, 7) is 2.59. The van der Waals surface area contributed by atoms with Crippen molar-refractivity contribution in [2.75, 3.05) is 7.11 Å². The number of hydrogen-bond donors (Lipinski definition) is 0. The monoisotopic (exact) mass is 419 g/mol. The lowest BCUT2D eigenvalue weighted by Gasteiger charge is -2.10. The number of aromatic nitrogens is 3. The number of carbonyl (C=O) groups excluding carboxylic acids is 1. The Morgan fingerprint density at radius 3 is 2.47 bits per heavy atom. The second-order valence-corrected chi connectivity index (χ2v) is 7.69. The number of carbonyl (C=O) groups is 1. The molecule has 2 heterocycles. The van der Waals surface area contributed by atoms with Crippen LogP contribution in [-0.2, 0) is 17.0 Å². The van der Waals surface area contributed by atoms with Crippen molar-refractivity contribution in [2.24, 2.45) is 0 Å². The molecule has 0 unspecified atom stereocenters. The standard InChI is InChI=1S/C23H21N3O3S/c1-16-20(12-13-29-16)21-24-25-23(26(21)14-17-6-4-3-5-7-17)30-15-18-8-10-19(11-9-18)22(27)28-2/h3-13H,14-15H2,1-2H3. The van der Waals surface area contributed by atoms with Crippen molar-refractivity contribution in [3.05, 3.63) is 89.4 Å². The molecule has 4 rings (SSSR count). The van der Waals surface area contributed by atoms with Gasteiger partial charge in [0.15, 0.2) is 11.0 Å². The highest BCUT2D eigenvalue weighted by molar-refractivity contribution is 7.98. The minimum absolute atomic E-state index is 0.336. The minimum Gasteiger partial charge on any atom is -0.469 e. The van der Waals surface area contributed by atoms with Gasteiger partial charge >= 0.3 is 5.97 Å². The molecule has 30 heavy (non-hydrogen) atoms. The Kier molecular flexibility index (Phi) is 5.99. The topological polar surface area (TPSA) is 70.2 Å². The molecule has 0 amide bonds. The van der Waals surface area contributed by atoms with Gasteiger partial charge in [0.25, 0.3) is 0 Å². The van der Waals surface area contributed by atoms with E-state index in [1.807, 2.05) is 43.3 Å². The van der Waals surface area contributed by atoms with Crippen LogP contribution < -0.4 is 0 Å². The maximum Gasteiger partial charge on any atom is 0.337 e. The highest BCUT2D eigenvalue weighted by Crippen LogP contribution is 2.29. The summed E-state index contributed by atoms with van der Waals surface area (Å²) in [6.07, 6.45) is 1.67. The van der Waals surface area contributed by atoms with E-state index >= 15 is 0 Å². The second-order valence-electron chi connectivity index (χ2n) is 6.75. The molecule has 0 N–H and O–H groups in total. The van der Waals surface area contributed by atoms with E-state index in [1.165, 1.54) is 12.7 Å². The first kappa shape index (κ1) is 20.0. The number of methoxy groups -OCH3 is 1. The highest BCUT2D eigenvalue weighted by Gasteiger charge is 2.18. The maximum atomic E-state index is 11.6. The van der Waals surface area contributed by atoms with Gasteiger partial charge in [-0.1, -0.05) is 54.2 Å². The number of furan rings is 1. The summed E-state index contributed by atoms with van der Waals surface area (Å²) in [4.78, 5) is 11.6. The van der Waals surface area contributed by atoms with Crippen molar-refractivity contribution >= 4 is 17.7 Å². The molecule has 0 radical (unpaired) electrons. The Morgan fingerprint density at radius 2 is 1.80 bits per heavy atom. The van der Waals surface area contributed by atoms with E-state index in [9.17, 15) is 4.79 Å². The molecule has 0 aliphatic carbocycles. The van der Waals surface area contributed by atoms with Crippen LogP contribution in [0.15, 0.2) is 76.5 Å². The average molecular weight is 420 g/mol. The Labute approximate surface area is 178 Å². The third-order valence-corrected chi connectivity index (χ3v) is 5.78. The highest BCUT2D eigenvalue weighted by atomic mass is 32.2. The third kappa shape index (κ3) is 4.31. The molecule has 0 bridgehead atoms. The first-order valence-electron chi connectivity index (χ1n) is 9.47. The molecular formula is C23H21N3O3S. The van der Waals surface area contributed by atoms with Gasteiger partial charge in [0, 0.05) is 5.75 Å². The van der Waals surface area contributed by atoms with Crippen LogP contribution in [0.4, 0.5) is 0 Å². The van der Waals surface area contributed by atoms with Crippen LogP contribution in [0.3, 0.4) is 0 Å². The largest absolute Gasteiger partial charge is 0.469 e. The number of hydrogen-bond acceptors (Lipinski definition) is 6. The van der Waals surface area contributed by atoms with E-state index in [4.69, 9.17) is 9.15 Å². The summed E-state index contributed by atoms with van der Waals surface area (Å²) in [5.41, 5.74) is 3.73. The summed E-state index contributed by atoms with van der Waals surface area (Å²) in [6, 6.07) is 19.6. The molecule has 0 fully saturated rings. The summed E-state index contributed by atoms with van der Waals surface area (Å²) in [7, 11) is 1.38. The molecule has 0 aliphatic rings. The fraction of sp³-hybridized carbons (Fsp3) is 0.174. The smallest absolute Gasteiger partial charge is 0.337 e. The number of aryl methyl sites for hydroxylation is 1. The van der Waals surface area contributed by atoms with Crippen LogP contribution in [0.2, 0.25) is 0 Å². The van der Waals surface area contributed by atoms with E-state index < -0.39 is 0 Å². The molecule has 0 saturated carbocycles. The van der Waals surface area contributed by atoms with Crippen molar-refractivity contribution in [3.63, 3.8) is 0 Å². The summed E-state index contributed by atoms with van der Waals surface area (Å²) >= 11 is 1.61. The van der Waals surface area contributed by atoms with Crippen LogP contribution in [-0.4, -0.2) is 27.8 Å². The van der Waals surface area contributed by atoms with Gasteiger partial charge in [-0.3, -0.25) is 4.57 Å². The molecule has 0 aliphatic heterocycles.